The van der Waals surface area contributed by atoms with Gasteiger partial charge in [-0.15, -0.1) is 0 Å². The lowest BCUT2D eigenvalue weighted by Crippen LogP contribution is -2.43. The molecule has 1 aliphatic rings. The van der Waals surface area contributed by atoms with E-state index in [-0.39, 0.29) is 11.8 Å². The first-order chi connectivity index (χ1) is 11.2. The molecular formula is C18H18N2O3. The number of methoxy groups -OCH3 is 1. The molecule has 0 spiro atoms. The number of rotatable bonds is 3. The summed E-state index contributed by atoms with van der Waals surface area (Å²) in [6, 6.07) is 13.9. The Labute approximate surface area is 134 Å². The van der Waals surface area contributed by atoms with Crippen LogP contribution in [0, 0.1) is 0 Å². The second-order valence-corrected chi connectivity index (χ2v) is 5.44. The van der Waals surface area contributed by atoms with Crippen LogP contribution in [0.5, 0.6) is 5.75 Å². The van der Waals surface area contributed by atoms with Crippen molar-refractivity contribution in [3.63, 3.8) is 0 Å². The molecule has 0 aromatic heterocycles. The van der Waals surface area contributed by atoms with E-state index in [0.29, 0.717) is 17.7 Å². The van der Waals surface area contributed by atoms with Gasteiger partial charge in [0, 0.05) is 11.3 Å². The molecule has 23 heavy (non-hydrogen) atoms. The Hall–Kier alpha value is -2.82. The van der Waals surface area contributed by atoms with Crippen LogP contribution >= 0.6 is 0 Å². The Kier molecular flexibility index (Phi) is 4.28. The number of benzene rings is 2. The van der Waals surface area contributed by atoms with E-state index in [1.807, 2.05) is 24.3 Å². The maximum absolute atomic E-state index is 12.3. The van der Waals surface area contributed by atoms with Gasteiger partial charge in [0.15, 0.2) is 0 Å². The standard InChI is InChI=1S/C18H18N2O3/c1-23-14-9-6-13(7-10-14)17(21)20-16-11-8-12-4-2-3-5-15(12)19-18(16)22/h2-7,9-10,16H,8,11H2,1H3,(H,19,22)(H,20,21). The molecule has 2 aromatic rings. The molecule has 2 amide bonds. The number of fused-ring (bicyclic) bond motifs is 1. The average molecular weight is 310 g/mol. The molecular weight excluding hydrogens is 292 g/mol. The number of para-hydroxylation sites is 1. The molecule has 1 aliphatic heterocycles. The van der Waals surface area contributed by atoms with E-state index in [0.717, 1.165) is 17.7 Å². The van der Waals surface area contributed by atoms with E-state index in [4.69, 9.17) is 4.74 Å². The van der Waals surface area contributed by atoms with Crippen LogP contribution in [0.15, 0.2) is 48.5 Å². The summed E-state index contributed by atoms with van der Waals surface area (Å²) < 4.78 is 5.07. The highest BCUT2D eigenvalue weighted by Crippen LogP contribution is 2.21. The fourth-order valence-corrected chi connectivity index (χ4v) is 2.63. The summed E-state index contributed by atoms with van der Waals surface area (Å²) >= 11 is 0. The number of hydrogen-bond acceptors (Lipinski definition) is 3. The lowest BCUT2D eigenvalue weighted by Gasteiger charge is -2.15. The van der Waals surface area contributed by atoms with Crippen molar-refractivity contribution >= 4 is 17.5 Å². The van der Waals surface area contributed by atoms with E-state index in [1.54, 1.807) is 31.4 Å². The summed E-state index contributed by atoms with van der Waals surface area (Å²) in [6.07, 6.45) is 1.31. The summed E-state index contributed by atoms with van der Waals surface area (Å²) in [6.45, 7) is 0. The quantitative estimate of drug-likeness (QED) is 0.914. The van der Waals surface area contributed by atoms with E-state index < -0.39 is 6.04 Å². The number of amides is 2. The lowest BCUT2D eigenvalue weighted by molar-refractivity contribution is -0.118. The fourth-order valence-electron chi connectivity index (χ4n) is 2.63. The van der Waals surface area contributed by atoms with Crippen molar-refractivity contribution in [3.8, 4) is 5.75 Å². The van der Waals surface area contributed by atoms with Gasteiger partial charge in [-0.1, -0.05) is 18.2 Å². The molecule has 1 atom stereocenters. The number of aryl methyl sites for hydroxylation is 1. The third kappa shape index (κ3) is 3.34. The SMILES string of the molecule is COc1ccc(C(=O)NC2CCc3ccccc3NC2=O)cc1. The first-order valence-corrected chi connectivity index (χ1v) is 7.51. The minimum Gasteiger partial charge on any atom is -0.497 e. The molecule has 0 radical (unpaired) electrons. The summed E-state index contributed by atoms with van der Waals surface area (Å²) in [7, 11) is 1.57. The van der Waals surface area contributed by atoms with Crippen molar-refractivity contribution in [1.82, 2.24) is 5.32 Å². The van der Waals surface area contributed by atoms with Crippen molar-refractivity contribution < 1.29 is 14.3 Å². The Balaban J connectivity index is 1.70. The van der Waals surface area contributed by atoms with Gasteiger partial charge < -0.3 is 15.4 Å². The predicted molar refractivity (Wildman–Crippen MR) is 87.6 cm³/mol. The minimum absolute atomic E-state index is 0.184. The van der Waals surface area contributed by atoms with Gasteiger partial charge in [0.25, 0.3) is 5.91 Å². The Morgan fingerprint density at radius 1 is 1.17 bits per heavy atom. The van der Waals surface area contributed by atoms with E-state index in [9.17, 15) is 9.59 Å². The van der Waals surface area contributed by atoms with Gasteiger partial charge >= 0.3 is 0 Å². The highest BCUT2D eigenvalue weighted by atomic mass is 16.5. The van der Waals surface area contributed by atoms with Gasteiger partial charge in [0.05, 0.1) is 7.11 Å². The normalized spacial score (nSPS) is 16.7. The van der Waals surface area contributed by atoms with Crippen LogP contribution in [0.1, 0.15) is 22.3 Å². The molecule has 118 valence electrons. The Morgan fingerprint density at radius 2 is 1.91 bits per heavy atom. The summed E-state index contributed by atoms with van der Waals surface area (Å²) in [5, 5.41) is 5.68. The second-order valence-electron chi connectivity index (χ2n) is 5.44. The van der Waals surface area contributed by atoms with Crippen molar-refractivity contribution in [2.45, 2.75) is 18.9 Å². The van der Waals surface area contributed by atoms with Crippen LogP contribution in [0.2, 0.25) is 0 Å². The lowest BCUT2D eigenvalue weighted by atomic mass is 10.1. The molecule has 3 rings (SSSR count). The summed E-state index contributed by atoms with van der Waals surface area (Å²) in [5.74, 6) is 0.236. The number of carbonyl (C=O) groups excluding carboxylic acids is 2. The van der Waals surface area contributed by atoms with Crippen LogP contribution in [-0.2, 0) is 11.2 Å². The van der Waals surface area contributed by atoms with Gasteiger partial charge in [-0.05, 0) is 48.7 Å². The Morgan fingerprint density at radius 3 is 2.65 bits per heavy atom. The van der Waals surface area contributed by atoms with Gasteiger partial charge in [-0.25, -0.2) is 0 Å². The average Bonchev–Trinajstić information content (AvgIpc) is 2.74. The molecule has 1 heterocycles. The van der Waals surface area contributed by atoms with Crippen molar-refractivity contribution in [2.24, 2.45) is 0 Å². The molecule has 0 saturated heterocycles. The summed E-state index contributed by atoms with van der Waals surface area (Å²) in [4.78, 5) is 24.6. The first kappa shape index (κ1) is 15.1. The number of ether oxygens (including phenoxy) is 1. The van der Waals surface area contributed by atoms with Gasteiger partial charge in [0.1, 0.15) is 11.8 Å². The summed E-state index contributed by atoms with van der Waals surface area (Å²) in [5.41, 5.74) is 2.40. The zero-order valence-corrected chi connectivity index (χ0v) is 12.8. The second kappa shape index (κ2) is 6.52. The van der Waals surface area contributed by atoms with Crippen LogP contribution in [0.3, 0.4) is 0 Å². The zero-order chi connectivity index (χ0) is 16.2. The predicted octanol–water partition coefficient (Wildman–Crippen LogP) is 2.38. The van der Waals surface area contributed by atoms with E-state index in [1.165, 1.54) is 0 Å². The molecule has 5 heteroatoms. The molecule has 5 nitrogen and oxygen atoms in total. The Bertz CT molecular complexity index is 725. The maximum Gasteiger partial charge on any atom is 0.251 e. The topological polar surface area (TPSA) is 67.4 Å². The third-order valence-electron chi connectivity index (χ3n) is 3.95. The van der Waals surface area contributed by atoms with E-state index in [2.05, 4.69) is 10.6 Å². The van der Waals surface area contributed by atoms with Crippen molar-refractivity contribution in [1.29, 1.82) is 0 Å². The number of anilines is 1. The fraction of sp³-hybridized carbons (Fsp3) is 0.222. The first-order valence-electron chi connectivity index (χ1n) is 7.51. The van der Waals surface area contributed by atoms with Crippen molar-refractivity contribution in [3.05, 3.63) is 59.7 Å². The highest BCUT2D eigenvalue weighted by molar-refractivity contribution is 6.01. The third-order valence-corrected chi connectivity index (χ3v) is 3.95. The van der Waals surface area contributed by atoms with E-state index >= 15 is 0 Å². The van der Waals surface area contributed by atoms with Crippen LogP contribution in [0.25, 0.3) is 0 Å². The molecule has 0 bridgehead atoms. The van der Waals surface area contributed by atoms with Crippen molar-refractivity contribution in [2.75, 3.05) is 12.4 Å². The zero-order valence-electron chi connectivity index (χ0n) is 12.8. The highest BCUT2D eigenvalue weighted by Gasteiger charge is 2.25. The minimum atomic E-state index is -0.544. The largest absolute Gasteiger partial charge is 0.497 e. The monoisotopic (exact) mass is 310 g/mol. The van der Waals surface area contributed by atoms with Gasteiger partial charge in [-0.3, -0.25) is 9.59 Å². The molecule has 2 aromatic carbocycles. The molecule has 0 saturated carbocycles. The smallest absolute Gasteiger partial charge is 0.251 e. The molecule has 2 N–H and O–H groups in total. The number of nitrogens with one attached hydrogen (secondary N) is 2. The molecule has 0 aliphatic carbocycles. The van der Waals surface area contributed by atoms with Crippen LogP contribution in [-0.4, -0.2) is 25.0 Å². The molecule has 1 unspecified atom stereocenters. The van der Waals surface area contributed by atoms with Crippen LogP contribution in [0.4, 0.5) is 5.69 Å². The van der Waals surface area contributed by atoms with Gasteiger partial charge in [-0.2, -0.15) is 0 Å². The maximum atomic E-state index is 12.3. The number of carbonyl (C=O) groups is 2. The number of hydrogen-bond donors (Lipinski definition) is 2. The molecule has 0 fully saturated rings. The van der Waals surface area contributed by atoms with Gasteiger partial charge in [0.2, 0.25) is 5.91 Å². The van der Waals surface area contributed by atoms with Crippen LogP contribution < -0.4 is 15.4 Å².